The number of hydrogen-bond donors (Lipinski definition) is 2. The van der Waals surface area contributed by atoms with Crippen LogP contribution in [0.4, 0.5) is 16.2 Å². The van der Waals surface area contributed by atoms with Gasteiger partial charge in [0.1, 0.15) is 23.7 Å². The Bertz CT molecular complexity index is 1370. The van der Waals surface area contributed by atoms with Gasteiger partial charge in [-0.1, -0.05) is 17.7 Å². The number of hydrogen-bond acceptors (Lipinski definition) is 7. The number of aromatic hydroxyl groups is 1. The van der Waals surface area contributed by atoms with Crippen LogP contribution in [0.5, 0.6) is 11.5 Å². The van der Waals surface area contributed by atoms with Gasteiger partial charge in [-0.15, -0.1) is 0 Å². The lowest BCUT2D eigenvalue weighted by molar-refractivity contribution is -0.384. The van der Waals surface area contributed by atoms with Crippen LogP contribution in [0.3, 0.4) is 0 Å². The molecular weight excluding hydrogens is 478 g/mol. The number of nitrogens with zero attached hydrogens (tertiary/aromatic N) is 2. The summed E-state index contributed by atoms with van der Waals surface area (Å²) in [5.74, 6) is -1.41. The second kappa shape index (κ2) is 9.65. The number of phenols is 1. The first kappa shape index (κ1) is 23.5. The molecule has 1 saturated heterocycles. The molecule has 176 valence electrons. The molecule has 0 aliphatic carbocycles. The topological polar surface area (TPSA) is 139 Å². The van der Waals surface area contributed by atoms with Gasteiger partial charge in [0, 0.05) is 12.1 Å². The minimum atomic E-state index is -0.907. The molecule has 0 saturated carbocycles. The molecule has 0 unspecified atom stereocenters. The SMILES string of the molecule is O=C1NC(=O)N(c2ccc(O)cc2)C(=O)/C1=C/c1ccc(OCc2ccc([N+](=O)[O-])cc2)c(Cl)c1. The van der Waals surface area contributed by atoms with Crippen molar-refractivity contribution in [2.75, 3.05) is 4.90 Å². The van der Waals surface area contributed by atoms with Crippen LogP contribution in [0.1, 0.15) is 11.1 Å². The summed E-state index contributed by atoms with van der Waals surface area (Å²) in [4.78, 5) is 48.6. The number of anilines is 1. The molecule has 11 heteroatoms. The highest BCUT2D eigenvalue weighted by atomic mass is 35.5. The Labute approximate surface area is 203 Å². The van der Waals surface area contributed by atoms with Crippen LogP contribution in [-0.2, 0) is 16.2 Å². The quantitative estimate of drug-likeness (QED) is 0.227. The zero-order valence-corrected chi connectivity index (χ0v) is 18.6. The zero-order chi connectivity index (χ0) is 25.1. The van der Waals surface area contributed by atoms with Crippen molar-refractivity contribution in [1.29, 1.82) is 0 Å². The number of nitro groups is 1. The predicted molar refractivity (Wildman–Crippen MR) is 126 cm³/mol. The molecule has 0 atom stereocenters. The highest BCUT2D eigenvalue weighted by Crippen LogP contribution is 2.29. The molecule has 1 fully saturated rings. The number of urea groups is 1. The smallest absolute Gasteiger partial charge is 0.335 e. The first-order valence-electron chi connectivity index (χ1n) is 10.1. The monoisotopic (exact) mass is 493 g/mol. The third-order valence-electron chi connectivity index (χ3n) is 5.02. The average Bonchev–Trinajstić information content (AvgIpc) is 2.82. The van der Waals surface area contributed by atoms with E-state index in [2.05, 4.69) is 5.32 Å². The summed E-state index contributed by atoms with van der Waals surface area (Å²) in [5.41, 5.74) is 0.971. The van der Waals surface area contributed by atoms with Gasteiger partial charge in [-0.3, -0.25) is 25.0 Å². The van der Waals surface area contributed by atoms with Crippen molar-refractivity contribution in [3.8, 4) is 11.5 Å². The fraction of sp³-hybridized carbons (Fsp3) is 0.0417. The van der Waals surface area contributed by atoms with Gasteiger partial charge in [0.05, 0.1) is 15.6 Å². The molecule has 0 aromatic heterocycles. The maximum Gasteiger partial charge on any atom is 0.335 e. The van der Waals surface area contributed by atoms with E-state index in [4.69, 9.17) is 16.3 Å². The fourth-order valence-electron chi connectivity index (χ4n) is 3.26. The molecule has 0 spiro atoms. The van der Waals surface area contributed by atoms with E-state index >= 15 is 0 Å². The van der Waals surface area contributed by atoms with Crippen molar-refractivity contribution in [3.63, 3.8) is 0 Å². The van der Waals surface area contributed by atoms with E-state index < -0.39 is 22.8 Å². The van der Waals surface area contributed by atoms with E-state index in [-0.39, 0.29) is 34.3 Å². The van der Waals surface area contributed by atoms with Crippen molar-refractivity contribution >= 4 is 46.9 Å². The van der Waals surface area contributed by atoms with Gasteiger partial charge >= 0.3 is 6.03 Å². The maximum absolute atomic E-state index is 12.9. The summed E-state index contributed by atoms with van der Waals surface area (Å²) < 4.78 is 5.67. The van der Waals surface area contributed by atoms with Gasteiger partial charge in [0.2, 0.25) is 0 Å². The Hall–Kier alpha value is -4.70. The van der Waals surface area contributed by atoms with Crippen molar-refractivity contribution in [2.45, 2.75) is 6.61 Å². The van der Waals surface area contributed by atoms with Crippen LogP contribution in [0.2, 0.25) is 5.02 Å². The van der Waals surface area contributed by atoms with Crippen LogP contribution in [0.15, 0.2) is 72.3 Å². The van der Waals surface area contributed by atoms with Gasteiger partial charge < -0.3 is 9.84 Å². The Balaban J connectivity index is 1.52. The predicted octanol–water partition coefficient (Wildman–Crippen LogP) is 4.20. The lowest BCUT2D eigenvalue weighted by Crippen LogP contribution is -2.54. The summed E-state index contributed by atoms with van der Waals surface area (Å²) >= 11 is 6.30. The van der Waals surface area contributed by atoms with E-state index in [1.807, 2.05) is 0 Å². The van der Waals surface area contributed by atoms with Gasteiger partial charge in [-0.25, -0.2) is 9.69 Å². The molecule has 35 heavy (non-hydrogen) atoms. The summed E-state index contributed by atoms with van der Waals surface area (Å²) in [6.45, 7) is 0.114. The molecule has 4 rings (SSSR count). The standard InChI is InChI=1S/C24H16ClN3O7/c25-20-12-15(3-10-21(20)35-13-14-1-4-17(5-2-14)28(33)34)11-19-22(30)26-24(32)27(23(19)31)16-6-8-18(29)9-7-16/h1-12,29H,13H2,(H,26,30,32)/b19-11+. The second-order valence-corrected chi connectivity index (χ2v) is 7.78. The summed E-state index contributed by atoms with van der Waals surface area (Å²) in [5, 5.41) is 22.5. The number of benzene rings is 3. The zero-order valence-electron chi connectivity index (χ0n) is 17.8. The number of rotatable bonds is 6. The van der Waals surface area contributed by atoms with E-state index in [0.29, 0.717) is 16.9 Å². The number of imide groups is 2. The number of halogens is 1. The Morgan fingerprint density at radius 3 is 2.34 bits per heavy atom. The third-order valence-corrected chi connectivity index (χ3v) is 5.31. The number of carbonyl (C=O) groups excluding carboxylic acids is 3. The molecule has 10 nitrogen and oxygen atoms in total. The number of nitro benzene ring substituents is 1. The highest BCUT2D eigenvalue weighted by Gasteiger charge is 2.36. The molecule has 2 N–H and O–H groups in total. The number of amides is 4. The van der Waals surface area contributed by atoms with Crippen molar-refractivity contribution in [1.82, 2.24) is 5.32 Å². The number of carbonyl (C=O) groups is 3. The van der Waals surface area contributed by atoms with Crippen molar-refractivity contribution in [2.24, 2.45) is 0 Å². The summed E-state index contributed by atoms with van der Waals surface area (Å²) in [7, 11) is 0. The minimum absolute atomic E-state index is 0.0313. The second-order valence-electron chi connectivity index (χ2n) is 7.38. The number of barbiturate groups is 1. The third kappa shape index (κ3) is 5.12. The maximum atomic E-state index is 12.9. The van der Waals surface area contributed by atoms with E-state index in [0.717, 1.165) is 4.90 Å². The first-order valence-corrected chi connectivity index (χ1v) is 10.5. The van der Waals surface area contributed by atoms with E-state index in [1.165, 1.54) is 48.5 Å². The highest BCUT2D eigenvalue weighted by molar-refractivity contribution is 6.39. The molecule has 4 amide bonds. The van der Waals surface area contributed by atoms with Crippen LogP contribution in [-0.4, -0.2) is 27.9 Å². The molecule has 1 heterocycles. The first-order chi connectivity index (χ1) is 16.7. The Kier molecular flexibility index (Phi) is 6.47. The molecule has 1 aliphatic rings. The Morgan fingerprint density at radius 2 is 1.71 bits per heavy atom. The molecule has 0 bridgehead atoms. The van der Waals surface area contributed by atoms with Crippen molar-refractivity contribution in [3.05, 3.63) is 98.6 Å². The van der Waals surface area contributed by atoms with E-state index in [9.17, 15) is 29.6 Å². The summed E-state index contributed by atoms with van der Waals surface area (Å²) in [6.07, 6.45) is 1.30. The van der Waals surface area contributed by atoms with Crippen LogP contribution in [0.25, 0.3) is 6.08 Å². The van der Waals surface area contributed by atoms with Crippen LogP contribution in [0, 0.1) is 10.1 Å². The number of ether oxygens (including phenoxy) is 1. The molecular formula is C24H16ClN3O7. The molecule has 1 aliphatic heterocycles. The van der Waals surface area contributed by atoms with Crippen molar-refractivity contribution < 1.29 is 29.2 Å². The lowest BCUT2D eigenvalue weighted by Gasteiger charge is -2.26. The minimum Gasteiger partial charge on any atom is -0.508 e. The lowest BCUT2D eigenvalue weighted by atomic mass is 10.1. The van der Waals surface area contributed by atoms with E-state index in [1.54, 1.807) is 24.3 Å². The number of phenolic OH excluding ortho intramolecular Hbond substituents is 1. The number of non-ortho nitro benzene ring substituents is 1. The Morgan fingerprint density at radius 1 is 1.03 bits per heavy atom. The van der Waals surface area contributed by atoms with Gasteiger partial charge in [-0.05, 0) is 65.7 Å². The number of nitrogens with one attached hydrogen (secondary N) is 1. The van der Waals surface area contributed by atoms with Gasteiger partial charge in [0.15, 0.2) is 0 Å². The molecule has 3 aromatic rings. The van der Waals surface area contributed by atoms with Gasteiger partial charge in [0.25, 0.3) is 17.5 Å². The molecule has 0 radical (unpaired) electrons. The largest absolute Gasteiger partial charge is 0.508 e. The van der Waals surface area contributed by atoms with Crippen LogP contribution >= 0.6 is 11.6 Å². The average molecular weight is 494 g/mol. The van der Waals surface area contributed by atoms with Gasteiger partial charge in [-0.2, -0.15) is 0 Å². The normalized spacial score (nSPS) is 14.7. The molecule has 3 aromatic carbocycles. The fourth-order valence-corrected chi connectivity index (χ4v) is 3.50. The summed E-state index contributed by atoms with van der Waals surface area (Å²) in [6, 6.07) is 14.9. The van der Waals surface area contributed by atoms with Crippen LogP contribution < -0.4 is 15.0 Å².